The summed E-state index contributed by atoms with van der Waals surface area (Å²) < 4.78 is 25.6. The second-order valence-electron chi connectivity index (χ2n) is 25.8. The van der Waals surface area contributed by atoms with E-state index in [1.807, 2.05) is 0 Å². The first kappa shape index (κ1) is 50.5. The van der Waals surface area contributed by atoms with Crippen molar-refractivity contribution in [2.75, 3.05) is 19.8 Å². The van der Waals surface area contributed by atoms with Crippen LogP contribution in [0.1, 0.15) is 204 Å². The molecule has 9 aliphatic carbocycles. The zero-order valence-corrected chi connectivity index (χ0v) is 43.9. The van der Waals surface area contributed by atoms with Gasteiger partial charge in [-0.3, -0.25) is 4.79 Å². The molecule has 0 amide bonds. The number of fused-ring (bicyclic) bond motifs is 9. The molecule has 0 aromatic heterocycles. The Hall–Kier alpha value is -1.39. The summed E-state index contributed by atoms with van der Waals surface area (Å²) >= 11 is 0. The third-order valence-electron chi connectivity index (χ3n) is 22.8. The smallest absolute Gasteiger partial charge is 0.172 e. The van der Waals surface area contributed by atoms with Gasteiger partial charge in [-0.05, 0) is 177 Å². The van der Waals surface area contributed by atoms with E-state index in [1.165, 1.54) is 50.5 Å². The van der Waals surface area contributed by atoms with Crippen LogP contribution in [0.5, 0.6) is 0 Å². The van der Waals surface area contributed by atoms with E-state index in [9.17, 15) is 20.1 Å². The minimum atomic E-state index is -0.378. The second-order valence-corrected chi connectivity index (χ2v) is 25.8. The van der Waals surface area contributed by atoms with E-state index in [-0.39, 0.29) is 74.4 Å². The number of ether oxygens (including phenoxy) is 4. The van der Waals surface area contributed by atoms with Crippen molar-refractivity contribution in [3.05, 3.63) is 34.9 Å². The van der Waals surface area contributed by atoms with Crippen molar-refractivity contribution < 1.29 is 39.1 Å². The summed E-state index contributed by atoms with van der Waals surface area (Å²) in [5.74, 6) is 2.40. The number of allylic oxidation sites excluding steroid dienone is 3. The van der Waals surface area contributed by atoms with Crippen molar-refractivity contribution in [3.63, 3.8) is 0 Å². The molecule has 8 fully saturated rings. The summed E-state index contributed by atoms with van der Waals surface area (Å²) in [6.07, 6.45) is 31.5. The van der Waals surface area contributed by atoms with Gasteiger partial charge >= 0.3 is 0 Å². The third-order valence-corrected chi connectivity index (χ3v) is 22.8. The van der Waals surface area contributed by atoms with Gasteiger partial charge in [0.15, 0.2) is 11.6 Å². The second kappa shape index (κ2) is 18.3. The number of carbonyl (C=O) groups excluding carboxylic acids is 1. The zero-order valence-electron chi connectivity index (χ0n) is 43.9. The van der Waals surface area contributed by atoms with Crippen LogP contribution >= 0.6 is 0 Å². The van der Waals surface area contributed by atoms with Crippen LogP contribution in [0.25, 0.3) is 0 Å². The molecule has 2 saturated heterocycles. The minimum Gasteiger partial charge on any atom is -0.395 e. The fourth-order valence-corrected chi connectivity index (χ4v) is 18.5. The Morgan fingerprint density at radius 2 is 0.791 bits per heavy atom. The van der Waals surface area contributed by atoms with Crippen LogP contribution in [0.2, 0.25) is 0 Å². The summed E-state index contributed by atoms with van der Waals surface area (Å²) in [5.41, 5.74) is 5.38. The largest absolute Gasteiger partial charge is 0.395 e. The number of aliphatic hydroxyl groups excluding tert-OH is 3. The molecule has 11 rings (SSSR count). The van der Waals surface area contributed by atoms with Crippen molar-refractivity contribution in [1.29, 1.82) is 0 Å². The Labute approximate surface area is 406 Å². The molecule has 0 aromatic rings. The van der Waals surface area contributed by atoms with Crippen LogP contribution in [0.3, 0.4) is 0 Å². The Kier molecular flexibility index (Phi) is 13.8. The average molecular weight is 931 g/mol. The summed E-state index contributed by atoms with van der Waals surface area (Å²) in [7, 11) is 0. The van der Waals surface area contributed by atoms with E-state index in [2.05, 4.69) is 87.5 Å². The van der Waals surface area contributed by atoms with Gasteiger partial charge in [0.25, 0.3) is 0 Å². The Bertz CT molecular complexity index is 1820. The van der Waals surface area contributed by atoms with E-state index < -0.39 is 0 Å². The topological polar surface area (TPSA) is 115 Å². The molecule has 0 radical (unpaired) electrons. The number of aliphatic hydroxyl groups is 3. The number of Topliss-reactive ketones (excluding diaryl/α,β-unsaturated/α-hetero) is 1. The van der Waals surface area contributed by atoms with Crippen molar-refractivity contribution in [3.8, 4) is 0 Å². The molecular weight excluding hydrogens is 837 g/mol. The van der Waals surface area contributed by atoms with Crippen LogP contribution in [0.15, 0.2) is 34.9 Å². The SMILES string of the molecule is C[C@@H]1C(=O)CC[C@]2(C)C3=CCCC[C@]3(CO)CC[C@@H]12.C[C@@H]1[C@H]2CC[C@]3(CO)CCCC=C3[C@]2(C)CCC12O[C@H](C)[C@@H](C)O2.C[C@H]1OC2(CC[C@]3(C)C4=CCCC[C@]4(CO)CC[C@H]3[C@@H]2C)O[C@@H]1C. The predicted octanol–water partition coefficient (Wildman–Crippen LogP) is 12.4. The molecule has 16 atom stereocenters. The number of rotatable bonds is 3. The first-order valence-electron chi connectivity index (χ1n) is 28.0. The highest BCUT2D eigenvalue weighted by atomic mass is 16.8. The monoisotopic (exact) mass is 931 g/mol. The first-order valence-corrected chi connectivity index (χ1v) is 28.0. The predicted molar refractivity (Wildman–Crippen MR) is 265 cm³/mol. The quantitative estimate of drug-likeness (QED) is 0.240. The van der Waals surface area contributed by atoms with E-state index >= 15 is 0 Å². The summed E-state index contributed by atoms with van der Waals surface area (Å²) in [6.45, 7) is 23.6. The molecule has 0 unspecified atom stereocenters. The van der Waals surface area contributed by atoms with Gasteiger partial charge in [0.05, 0.1) is 44.2 Å². The van der Waals surface area contributed by atoms with Gasteiger partial charge in [-0.2, -0.15) is 0 Å². The van der Waals surface area contributed by atoms with Crippen LogP contribution in [-0.4, -0.2) is 76.9 Å². The Morgan fingerprint density at radius 1 is 0.463 bits per heavy atom. The Balaban J connectivity index is 0.000000127. The average Bonchev–Trinajstić information content (AvgIpc) is 3.80. The van der Waals surface area contributed by atoms with Gasteiger partial charge in [0, 0.05) is 53.3 Å². The molecule has 3 N–H and O–H groups in total. The van der Waals surface area contributed by atoms with E-state index in [4.69, 9.17) is 18.9 Å². The fourth-order valence-electron chi connectivity index (χ4n) is 18.5. The highest BCUT2D eigenvalue weighted by Gasteiger charge is 2.64. The third kappa shape index (κ3) is 7.85. The van der Waals surface area contributed by atoms with Crippen molar-refractivity contribution in [2.24, 2.45) is 68.0 Å². The van der Waals surface area contributed by atoms with Gasteiger partial charge in [-0.15, -0.1) is 0 Å². The zero-order chi connectivity index (χ0) is 48.0. The molecule has 2 spiro atoms. The van der Waals surface area contributed by atoms with Gasteiger partial charge < -0.3 is 34.3 Å². The van der Waals surface area contributed by atoms with Crippen LogP contribution < -0.4 is 0 Å². The summed E-state index contributed by atoms with van der Waals surface area (Å²) in [5, 5.41) is 30.5. The lowest BCUT2D eigenvalue weighted by molar-refractivity contribution is -0.255. The Morgan fingerprint density at radius 3 is 1.13 bits per heavy atom. The van der Waals surface area contributed by atoms with Gasteiger partial charge in [0.2, 0.25) is 0 Å². The molecular formula is C59H94O8. The summed E-state index contributed by atoms with van der Waals surface area (Å²) in [6, 6.07) is 0. The summed E-state index contributed by atoms with van der Waals surface area (Å²) in [4.78, 5) is 12.0. The van der Waals surface area contributed by atoms with Crippen molar-refractivity contribution in [1.82, 2.24) is 0 Å². The van der Waals surface area contributed by atoms with E-state index in [0.29, 0.717) is 55.2 Å². The van der Waals surface area contributed by atoms with Crippen molar-refractivity contribution >= 4 is 5.78 Å². The lowest BCUT2D eigenvalue weighted by Crippen LogP contribution is -2.57. The highest BCUT2D eigenvalue weighted by molar-refractivity contribution is 5.82. The molecule has 0 bridgehead atoms. The maximum Gasteiger partial charge on any atom is 0.172 e. The maximum absolute atomic E-state index is 12.0. The molecule has 378 valence electrons. The van der Waals surface area contributed by atoms with Crippen LogP contribution in [0.4, 0.5) is 0 Å². The molecule has 8 heteroatoms. The molecule has 2 aliphatic heterocycles. The number of hydrogen-bond donors (Lipinski definition) is 3. The minimum absolute atomic E-state index is 0.0452. The fraction of sp³-hybridized carbons (Fsp3) is 0.881. The van der Waals surface area contributed by atoms with Gasteiger partial charge in [-0.1, -0.05) is 76.5 Å². The standard InChI is InChI=1S/2C21H34O3.C17H26O2/c2*1-14-17-8-10-20(13-22)9-6-5-7-18(20)19(17,4)11-12-21(14)23-15(2)16(3)24-21;1-12-13-6-10-17(11-18)8-4-3-5-15(17)16(13,2)9-7-14(12)19/h2*7,14-17,22H,5-6,8-13H2,1-4H3;5,12-13,18H,3-4,6-11H2,1-2H3/t14-,15+,16+,17-,19-,20+;14-,15-,16-,17-,19-,20+;12-,13-,16-,17+/m010/s1. The van der Waals surface area contributed by atoms with E-state index in [0.717, 1.165) is 89.9 Å². The van der Waals surface area contributed by atoms with Crippen LogP contribution in [-0.2, 0) is 23.7 Å². The van der Waals surface area contributed by atoms with E-state index in [1.54, 1.807) is 11.1 Å². The molecule has 6 saturated carbocycles. The van der Waals surface area contributed by atoms with Gasteiger partial charge in [0.1, 0.15) is 5.78 Å². The molecule has 8 nitrogen and oxygen atoms in total. The molecule has 67 heavy (non-hydrogen) atoms. The molecule has 2 heterocycles. The lowest BCUT2D eigenvalue weighted by atomic mass is 9.46. The normalized spacial score (nSPS) is 49.1. The molecule has 11 aliphatic rings. The van der Waals surface area contributed by atoms with Crippen LogP contribution in [0, 0.1) is 68.0 Å². The number of hydrogen-bond acceptors (Lipinski definition) is 8. The lowest BCUT2D eigenvalue weighted by Gasteiger charge is -2.61. The number of ketones is 1. The first-order chi connectivity index (χ1) is 31.8. The van der Waals surface area contributed by atoms with Gasteiger partial charge in [-0.25, -0.2) is 0 Å². The highest BCUT2D eigenvalue weighted by Crippen LogP contribution is 2.68. The maximum atomic E-state index is 12.0. The number of carbonyl (C=O) groups is 1. The van der Waals surface area contributed by atoms with Crippen molar-refractivity contribution in [2.45, 2.75) is 240 Å². The molecule has 0 aromatic carbocycles.